The number of hydrogen-bond acceptors (Lipinski definition) is 8. The van der Waals surface area contributed by atoms with Gasteiger partial charge in [0.25, 0.3) is 0 Å². The Kier molecular flexibility index (Phi) is 8.41. The monoisotopic (exact) mass is 544 g/mol. The molecule has 204 valence electrons. The number of hydrogen-bond donors (Lipinski definition) is 5. The molecule has 0 bridgehead atoms. The fraction of sp³-hybridized carbons (Fsp3) is 0.440. The Bertz CT molecular complexity index is 1380. The van der Waals surface area contributed by atoms with Crippen molar-refractivity contribution in [1.82, 2.24) is 30.5 Å². The second-order valence-electron chi connectivity index (χ2n) is 9.58. The fourth-order valence-electron chi connectivity index (χ4n) is 4.73. The first-order chi connectivity index (χ1) is 18.0. The van der Waals surface area contributed by atoms with Crippen molar-refractivity contribution in [2.45, 2.75) is 69.5 Å². The smallest absolute Gasteiger partial charge is 0.323 e. The summed E-state index contributed by atoms with van der Waals surface area (Å²) in [5.41, 5.74) is 6.17. The number of fused-ring (bicyclic) bond motifs is 1. The summed E-state index contributed by atoms with van der Waals surface area (Å²) in [6, 6.07) is 4.93. The molecule has 0 saturated carbocycles. The van der Waals surface area contributed by atoms with Gasteiger partial charge in [0.05, 0.1) is 11.0 Å². The van der Waals surface area contributed by atoms with E-state index in [9.17, 15) is 23.1 Å². The summed E-state index contributed by atoms with van der Waals surface area (Å²) in [5.74, 6) is -1.04. The average molecular weight is 545 g/mol. The first-order valence-corrected chi connectivity index (χ1v) is 13.8. The molecule has 1 aliphatic rings. The molecule has 1 aliphatic heterocycles. The number of aryl methyl sites for hydroxylation is 4. The number of aliphatic carboxylic acids is 1. The standard InChI is InChI=1S/C25H32N6O6S/c1-14-10-15(2)22(16(3)11-14)38(35,36)31-20(25(33)34)13-27-24(32)19-12-17(37-30-19)6-4-8-21-28-18-7-5-9-26-23(18)29-21/h5,7,9-11,17,19-20,30-31H,4,6,8,12-13H2,1-3H3,(H,27,32)(H,33,34)(H,26,28,29). The Balaban J connectivity index is 1.26. The molecule has 0 aliphatic carbocycles. The third-order valence-electron chi connectivity index (χ3n) is 6.39. The van der Waals surface area contributed by atoms with E-state index in [2.05, 4.69) is 30.5 Å². The minimum atomic E-state index is -4.13. The molecule has 1 amide bonds. The number of nitrogens with one attached hydrogen (secondary N) is 4. The first kappa shape index (κ1) is 27.6. The van der Waals surface area contributed by atoms with Crippen LogP contribution in [0.1, 0.15) is 41.8 Å². The predicted molar refractivity (Wildman–Crippen MR) is 139 cm³/mol. The third kappa shape index (κ3) is 6.54. The average Bonchev–Trinajstić information content (AvgIpc) is 3.47. The summed E-state index contributed by atoms with van der Waals surface area (Å²) >= 11 is 0. The Morgan fingerprint density at radius 2 is 1.97 bits per heavy atom. The van der Waals surface area contributed by atoms with Crippen LogP contribution in [0, 0.1) is 20.8 Å². The number of H-pyrrole nitrogens is 1. The van der Waals surface area contributed by atoms with Crippen molar-refractivity contribution in [2.24, 2.45) is 0 Å². The van der Waals surface area contributed by atoms with Crippen LogP contribution in [0.4, 0.5) is 0 Å². The van der Waals surface area contributed by atoms with Gasteiger partial charge in [-0.2, -0.15) is 10.2 Å². The number of aromatic nitrogens is 3. The summed E-state index contributed by atoms with van der Waals surface area (Å²) < 4.78 is 28.1. The van der Waals surface area contributed by atoms with Crippen LogP contribution in [-0.2, 0) is 30.9 Å². The van der Waals surface area contributed by atoms with Crippen molar-refractivity contribution in [3.05, 3.63) is 53.0 Å². The number of imidazole rings is 1. The van der Waals surface area contributed by atoms with Gasteiger partial charge in [0, 0.05) is 25.6 Å². The highest BCUT2D eigenvalue weighted by atomic mass is 32.2. The zero-order chi connectivity index (χ0) is 27.4. The van der Waals surface area contributed by atoms with Crippen molar-refractivity contribution in [2.75, 3.05) is 6.54 Å². The van der Waals surface area contributed by atoms with Gasteiger partial charge >= 0.3 is 5.97 Å². The van der Waals surface area contributed by atoms with E-state index >= 15 is 0 Å². The molecule has 2 aromatic heterocycles. The largest absolute Gasteiger partial charge is 0.480 e. The van der Waals surface area contributed by atoms with Gasteiger partial charge in [0.2, 0.25) is 15.9 Å². The van der Waals surface area contributed by atoms with Crippen molar-refractivity contribution in [1.29, 1.82) is 0 Å². The van der Waals surface area contributed by atoms with Gasteiger partial charge in [0.1, 0.15) is 23.4 Å². The molecule has 38 heavy (non-hydrogen) atoms. The lowest BCUT2D eigenvalue weighted by Crippen LogP contribution is -2.51. The van der Waals surface area contributed by atoms with Gasteiger partial charge in [-0.25, -0.2) is 18.4 Å². The number of carbonyl (C=O) groups excluding carboxylic acids is 1. The van der Waals surface area contributed by atoms with E-state index < -0.39 is 40.5 Å². The number of carbonyl (C=O) groups is 2. The van der Waals surface area contributed by atoms with Crippen LogP contribution < -0.4 is 15.5 Å². The van der Waals surface area contributed by atoms with E-state index in [1.54, 1.807) is 32.2 Å². The minimum absolute atomic E-state index is 0.0355. The van der Waals surface area contributed by atoms with Gasteiger partial charge in [-0.05, 0) is 56.9 Å². The number of sulfonamides is 1. The fourth-order valence-corrected chi connectivity index (χ4v) is 6.37. The molecular weight excluding hydrogens is 512 g/mol. The van der Waals surface area contributed by atoms with Crippen molar-refractivity contribution in [3.63, 3.8) is 0 Å². The molecule has 0 radical (unpaired) electrons. The number of benzene rings is 1. The predicted octanol–water partition coefficient (Wildman–Crippen LogP) is 1.42. The van der Waals surface area contributed by atoms with E-state index in [0.717, 1.165) is 29.0 Å². The number of nitrogens with zero attached hydrogens (tertiary/aromatic N) is 2. The molecule has 13 heteroatoms. The number of hydroxylamine groups is 1. The lowest BCUT2D eigenvalue weighted by atomic mass is 10.0. The molecule has 1 aromatic carbocycles. The van der Waals surface area contributed by atoms with Gasteiger partial charge < -0.3 is 15.4 Å². The highest BCUT2D eigenvalue weighted by molar-refractivity contribution is 7.89. The molecule has 3 heterocycles. The third-order valence-corrected chi connectivity index (χ3v) is 8.16. The Labute approximate surface area is 220 Å². The van der Waals surface area contributed by atoms with Crippen LogP contribution in [0.25, 0.3) is 11.2 Å². The summed E-state index contributed by atoms with van der Waals surface area (Å²) in [7, 11) is -4.13. The summed E-state index contributed by atoms with van der Waals surface area (Å²) in [6.45, 7) is 4.74. The molecule has 3 atom stereocenters. The van der Waals surface area contributed by atoms with Crippen molar-refractivity contribution in [3.8, 4) is 0 Å². The molecule has 5 N–H and O–H groups in total. The van der Waals surface area contributed by atoms with E-state index in [-0.39, 0.29) is 11.0 Å². The van der Waals surface area contributed by atoms with Gasteiger partial charge in [-0.1, -0.05) is 17.7 Å². The van der Waals surface area contributed by atoms with E-state index in [1.165, 1.54) is 0 Å². The van der Waals surface area contributed by atoms with Gasteiger partial charge in [0.15, 0.2) is 5.65 Å². The van der Waals surface area contributed by atoms with Crippen LogP contribution in [0.15, 0.2) is 35.4 Å². The maximum atomic E-state index is 13.0. The zero-order valence-corrected chi connectivity index (χ0v) is 22.3. The molecule has 3 unspecified atom stereocenters. The van der Waals surface area contributed by atoms with E-state index in [0.29, 0.717) is 30.4 Å². The molecule has 12 nitrogen and oxygen atoms in total. The quantitative estimate of drug-likeness (QED) is 0.239. The number of pyridine rings is 1. The van der Waals surface area contributed by atoms with Crippen molar-refractivity contribution >= 4 is 33.1 Å². The van der Waals surface area contributed by atoms with Crippen molar-refractivity contribution < 1.29 is 28.0 Å². The van der Waals surface area contributed by atoms with Gasteiger partial charge in [-0.3, -0.25) is 14.4 Å². The highest BCUT2D eigenvalue weighted by Crippen LogP contribution is 2.22. The number of rotatable bonds is 11. The molecule has 3 aromatic rings. The highest BCUT2D eigenvalue weighted by Gasteiger charge is 2.33. The second-order valence-corrected chi connectivity index (χ2v) is 11.2. The summed E-state index contributed by atoms with van der Waals surface area (Å²) in [5, 5.41) is 12.1. The van der Waals surface area contributed by atoms with Crippen LogP contribution in [0.3, 0.4) is 0 Å². The molecule has 4 rings (SSSR count). The lowest BCUT2D eigenvalue weighted by molar-refractivity contribution is -0.139. The number of amides is 1. The number of aromatic amines is 1. The topological polar surface area (TPSA) is 175 Å². The summed E-state index contributed by atoms with van der Waals surface area (Å²) in [6.07, 6.45) is 4.07. The SMILES string of the molecule is Cc1cc(C)c(S(=O)(=O)NC(CNC(=O)C2CC(CCCc3nc4cccnc4[nH]3)ON2)C(=O)O)c(C)c1. The lowest BCUT2D eigenvalue weighted by Gasteiger charge is -2.19. The summed E-state index contributed by atoms with van der Waals surface area (Å²) in [4.78, 5) is 41.9. The molecular formula is C25H32N6O6S. The zero-order valence-electron chi connectivity index (χ0n) is 21.4. The minimum Gasteiger partial charge on any atom is -0.480 e. The number of carboxylic acids is 1. The van der Waals surface area contributed by atoms with Crippen LogP contribution in [0.2, 0.25) is 0 Å². The van der Waals surface area contributed by atoms with Crippen LogP contribution in [-0.4, -0.2) is 65.1 Å². The van der Waals surface area contributed by atoms with Crippen LogP contribution in [0.5, 0.6) is 0 Å². The van der Waals surface area contributed by atoms with E-state index in [1.807, 2.05) is 19.1 Å². The maximum absolute atomic E-state index is 13.0. The molecule has 1 saturated heterocycles. The van der Waals surface area contributed by atoms with E-state index in [4.69, 9.17) is 4.84 Å². The molecule has 0 spiro atoms. The first-order valence-electron chi connectivity index (χ1n) is 12.3. The Morgan fingerprint density at radius 1 is 1.24 bits per heavy atom. The van der Waals surface area contributed by atoms with Gasteiger partial charge in [-0.15, -0.1) is 0 Å². The maximum Gasteiger partial charge on any atom is 0.323 e. The number of carboxylic acid groups (broad SMARTS) is 1. The van der Waals surface area contributed by atoms with Crippen LogP contribution >= 0.6 is 0 Å². The Hall–Kier alpha value is -3.39. The molecule has 1 fully saturated rings. The second kappa shape index (κ2) is 11.6. The Morgan fingerprint density at radius 3 is 2.66 bits per heavy atom. The normalized spacial score (nSPS) is 18.5.